The second-order valence-corrected chi connectivity index (χ2v) is 4.82. The molecule has 0 radical (unpaired) electrons. The van der Waals surface area contributed by atoms with E-state index in [0.717, 1.165) is 22.5 Å². The Bertz CT molecular complexity index is 737. The highest BCUT2D eigenvalue weighted by Crippen LogP contribution is 2.23. The minimum Gasteiger partial charge on any atom is -0.508 e. The number of aromatic nitrogens is 3. The second kappa shape index (κ2) is 5.66. The Kier molecular flexibility index (Phi) is 3.55. The van der Waals surface area contributed by atoms with Crippen molar-refractivity contribution >= 4 is 5.69 Å². The van der Waals surface area contributed by atoms with Gasteiger partial charge in [-0.1, -0.05) is 6.07 Å². The zero-order chi connectivity index (χ0) is 14.7. The number of aromatic hydroxyl groups is 1. The maximum Gasteiger partial charge on any atom is 0.117 e. The Morgan fingerprint density at radius 1 is 1.19 bits per heavy atom. The summed E-state index contributed by atoms with van der Waals surface area (Å²) in [6.45, 7) is 0.634. The summed E-state index contributed by atoms with van der Waals surface area (Å²) in [5.74, 6) is 0.251. The van der Waals surface area contributed by atoms with Crippen LogP contribution in [-0.2, 0) is 13.6 Å². The minimum atomic E-state index is 0.251. The number of phenolic OH excluding ortho intramolecular Hbond substituents is 1. The van der Waals surface area contributed by atoms with Crippen molar-refractivity contribution in [2.24, 2.45) is 7.05 Å². The van der Waals surface area contributed by atoms with Crippen molar-refractivity contribution in [2.45, 2.75) is 6.54 Å². The molecule has 0 aliphatic carbocycles. The number of hydrogen-bond acceptors (Lipinski definition) is 4. The van der Waals surface area contributed by atoms with Crippen molar-refractivity contribution < 1.29 is 5.11 Å². The first-order chi connectivity index (χ1) is 10.2. The summed E-state index contributed by atoms with van der Waals surface area (Å²) in [6.07, 6.45) is 5.51. The van der Waals surface area contributed by atoms with Crippen molar-refractivity contribution in [2.75, 3.05) is 5.32 Å². The van der Waals surface area contributed by atoms with E-state index in [2.05, 4.69) is 15.4 Å². The number of anilines is 1. The van der Waals surface area contributed by atoms with Crippen LogP contribution in [0.1, 0.15) is 5.56 Å². The van der Waals surface area contributed by atoms with E-state index in [4.69, 9.17) is 0 Å². The van der Waals surface area contributed by atoms with Crippen molar-refractivity contribution in [3.63, 3.8) is 0 Å². The van der Waals surface area contributed by atoms with Crippen LogP contribution in [0.3, 0.4) is 0 Å². The number of benzene rings is 1. The fraction of sp³-hybridized carbons (Fsp3) is 0.125. The summed E-state index contributed by atoms with van der Waals surface area (Å²) in [5.41, 5.74) is 3.94. The van der Waals surface area contributed by atoms with E-state index in [1.54, 1.807) is 29.2 Å². The molecule has 0 aliphatic heterocycles. The Labute approximate surface area is 122 Å². The highest BCUT2D eigenvalue weighted by Gasteiger charge is 2.09. The lowest BCUT2D eigenvalue weighted by molar-refractivity contribution is 0.475. The van der Waals surface area contributed by atoms with E-state index >= 15 is 0 Å². The Morgan fingerprint density at radius 3 is 2.76 bits per heavy atom. The first-order valence-corrected chi connectivity index (χ1v) is 6.68. The summed E-state index contributed by atoms with van der Waals surface area (Å²) in [7, 11) is 1.91. The number of nitrogens with one attached hydrogen (secondary N) is 1. The Hall–Kier alpha value is -2.82. The summed E-state index contributed by atoms with van der Waals surface area (Å²) in [5, 5.41) is 17.3. The Balaban J connectivity index is 1.83. The van der Waals surface area contributed by atoms with Crippen molar-refractivity contribution in [1.82, 2.24) is 14.8 Å². The zero-order valence-corrected chi connectivity index (χ0v) is 11.7. The molecule has 3 aromatic rings. The van der Waals surface area contributed by atoms with Gasteiger partial charge >= 0.3 is 0 Å². The summed E-state index contributed by atoms with van der Waals surface area (Å²) >= 11 is 0. The van der Waals surface area contributed by atoms with Crippen LogP contribution >= 0.6 is 0 Å². The third-order valence-electron chi connectivity index (χ3n) is 3.19. The summed E-state index contributed by atoms with van der Waals surface area (Å²) in [4.78, 5) is 4.03. The molecular formula is C16H16N4O. The molecule has 3 rings (SSSR count). The zero-order valence-electron chi connectivity index (χ0n) is 11.7. The van der Waals surface area contributed by atoms with Gasteiger partial charge in [-0.25, -0.2) is 0 Å². The standard InChI is InChI=1S/C16H16N4O/c1-20-11-13(10-18-14-3-2-4-15(21)9-14)16(19-20)12-5-7-17-8-6-12/h2-9,11,18,21H,10H2,1H3. The van der Waals surface area contributed by atoms with Crippen LogP contribution in [0, 0.1) is 0 Å². The molecule has 0 saturated carbocycles. The maximum atomic E-state index is 9.48. The third kappa shape index (κ3) is 3.02. The molecular weight excluding hydrogens is 264 g/mol. The number of phenols is 1. The van der Waals surface area contributed by atoms with Gasteiger partial charge in [-0.3, -0.25) is 9.67 Å². The molecule has 0 spiro atoms. The topological polar surface area (TPSA) is 63.0 Å². The Morgan fingerprint density at radius 2 is 2.00 bits per heavy atom. The third-order valence-corrected chi connectivity index (χ3v) is 3.19. The van der Waals surface area contributed by atoms with E-state index in [0.29, 0.717) is 6.54 Å². The molecule has 0 aliphatic rings. The van der Waals surface area contributed by atoms with E-state index in [9.17, 15) is 5.11 Å². The van der Waals surface area contributed by atoms with Gasteiger partial charge in [-0.2, -0.15) is 5.10 Å². The highest BCUT2D eigenvalue weighted by molar-refractivity contribution is 5.62. The van der Waals surface area contributed by atoms with Gasteiger partial charge in [-0.15, -0.1) is 0 Å². The van der Waals surface area contributed by atoms with Crippen LogP contribution in [-0.4, -0.2) is 19.9 Å². The van der Waals surface area contributed by atoms with Crippen molar-refractivity contribution in [3.05, 3.63) is 60.6 Å². The molecule has 5 nitrogen and oxygen atoms in total. The van der Waals surface area contributed by atoms with Crippen molar-refractivity contribution in [1.29, 1.82) is 0 Å². The first kappa shape index (κ1) is 13.2. The number of rotatable bonds is 4. The lowest BCUT2D eigenvalue weighted by Crippen LogP contribution is -1.99. The predicted octanol–water partition coefficient (Wildman–Crippen LogP) is 2.80. The van der Waals surface area contributed by atoms with Crippen LogP contribution in [0.5, 0.6) is 5.75 Å². The number of pyridine rings is 1. The van der Waals surface area contributed by atoms with Crippen molar-refractivity contribution in [3.8, 4) is 17.0 Å². The number of nitrogens with zero attached hydrogens (tertiary/aromatic N) is 3. The molecule has 0 amide bonds. The monoisotopic (exact) mass is 280 g/mol. The lowest BCUT2D eigenvalue weighted by Gasteiger charge is -2.07. The predicted molar refractivity (Wildman–Crippen MR) is 81.9 cm³/mol. The molecule has 0 unspecified atom stereocenters. The van der Waals surface area contributed by atoms with Gasteiger partial charge in [0.15, 0.2) is 0 Å². The van der Waals surface area contributed by atoms with Gasteiger partial charge in [0.1, 0.15) is 5.75 Å². The molecule has 0 bridgehead atoms. The van der Waals surface area contributed by atoms with Crippen LogP contribution in [0.2, 0.25) is 0 Å². The van der Waals surface area contributed by atoms with Crippen LogP contribution < -0.4 is 5.32 Å². The van der Waals surface area contributed by atoms with Crippen LogP contribution in [0.4, 0.5) is 5.69 Å². The van der Waals surface area contributed by atoms with Gasteiger partial charge in [0.05, 0.1) is 5.69 Å². The number of aryl methyl sites for hydroxylation is 1. The SMILES string of the molecule is Cn1cc(CNc2cccc(O)c2)c(-c2ccncc2)n1. The molecule has 5 heteroatoms. The van der Waals surface area contributed by atoms with E-state index < -0.39 is 0 Å². The minimum absolute atomic E-state index is 0.251. The maximum absolute atomic E-state index is 9.48. The van der Waals surface area contributed by atoms with Crippen LogP contribution in [0.15, 0.2) is 55.0 Å². The molecule has 2 aromatic heterocycles. The molecule has 1 aromatic carbocycles. The molecule has 2 N–H and O–H groups in total. The average Bonchev–Trinajstić information content (AvgIpc) is 2.87. The van der Waals surface area contributed by atoms with E-state index in [1.165, 1.54) is 0 Å². The summed E-state index contributed by atoms with van der Waals surface area (Å²) in [6, 6.07) is 11.0. The highest BCUT2D eigenvalue weighted by atomic mass is 16.3. The molecule has 21 heavy (non-hydrogen) atoms. The molecule has 2 heterocycles. The second-order valence-electron chi connectivity index (χ2n) is 4.82. The van der Waals surface area contributed by atoms with Gasteiger partial charge in [0.25, 0.3) is 0 Å². The smallest absolute Gasteiger partial charge is 0.117 e. The van der Waals surface area contributed by atoms with Crippen LogP contribution in [0.25, 0.3) is 11.3 Å². The molecule has 0 fully saturated rings. The fourth-order valence-corrected chi connectivity index (χ4v) is 2.23. The van der Waals surface area contributed by atoms with Gasteiger partial charge in [0.2, 0.25) is 0 Å². The van der Waals surface area contributed by atoms with E-state index in [-0.39, 0.29) is 5.75 Å². The largest absolute Gasteiger partial charge is 0.508 e. The van der Waals surface area contributed by atoms with Gasteiger partial charge < -0.3 is 10.4 Å². The summed E-state index contributed by atoms with van der Waals surface area (Å²) < 4.78 is 1.80. The molecule has 0 saturated heterocycles. The molecule has 106 valence electrons. The first-order valence-electron chi connectivity index (χ1n) is 6.68. The fourth-order valence-electron chi connectivity index (χ4n) is 2.23. The van der Waals surface area contributed by atoms with Gasteiger partial charge in [0, 0.05) is 55.1 Å². The normalized spacial score (nSPS) is 10.5. The van der Waals surface area contributed by atoms with E-state index in [1.807, 2.05) is 37.5 Å². The van der Waals surface area contributed by atoms with Gasteiger partial charge in [-0.05, 0) is 24.3 Å². The lowest BCUT2D eigenvalue weighted by atomic mass is 10.1. The molecule has 0 atom stereocenters. The number of hydrogen-bond donors (Lipinski definition) is 2. The quantitative estimate of drug-likeness (QED) is 0.771. The average molecular weight is 280 g/mol.